The summed E-state index contributed by atoms with van der Waals surface area (Å²) >= 11 is 4.85. The molecule has 2 aromatic rings. The molecule has 4 nitrogen and oxygen atoms in total. The van der Waals surface area contributed by atoms with E-state index in [0.29, 0.717) is 11.0 Å². The van der Waals surface area contributed by atoms with Gasteiger partial charge in [-0.3, -0.25) is 4.98 Å². The summed E-state index contributed by atoms with van der Waals surface area (Å²) in [6, 6.07) is 5.64. The van der Waals surface area contributed by atoms with Gasteiger partial charge in [-0.25, -0.2) is 8.42 Å². The zero-order valence-corrected chi connectivity index (χ0v) is 13.8. The lowest BCUT2D eigenvalue weighted by Gasteiger charge is -2.21. The standard InChI is InChI=1S/C13H13BrN2O2S2/c14-10-6-13(8-15-7-10)20(17,18)16(11-3-4-11)9-12-2-1-5-19-12/h1-2,5-8,11H,3-4,9H2. The lowest BCUT2D eigenvalue weighted by molar-refractivity contribution is 0.401. The van der Waals surface area contributed by atoms with E-state index in [1.165, 1.54) is 6.20 Å². The minimum absolute atomic E-state index is 0.126. The van der Waals surface area contributed by atoms with Gasteiger partial charge in [-0.15, -0.1) is 11.3 Å². The molecule has 106 valence electrons. The van der Waals surface area contributed by atoms with Crippen molar-refractivity contribution in [1.29, 1.82) is 0 Å². The smallest absolute Gasteiger partial charge is 0.245 e. The van der Waals surface area contributed by atoms with Crippen LogP contribution in [0.2, 0.25) is 0 Å². The second-order valence-corrected chi connectivity index (χ2v) is 8.54. The van der Waals surface area contributed by atoms with Crippen LogP contribution in [0.1, 0.15) is 17.7 Å². The molecule has 1 aliphatic rings. The van der Waals surface area contributed by atoms with E-state index in [1.54, 1.807) is 27.9 Å². The molecule has 0 atom stereocenters. The van der Waals surface area contributed by atoms with Gasteiger partial charge in [0.2, 0.25) is 10.0 Å². The molecule has 7 heteroatoms. The summed E-state index contributed by atoms with van der Waals surface area (Å²) in [6.07, 6.45) is 4.86. The van der Waals surface area contributed by atoms with Gasteiger partial charge in [0.05, 0.1) is 0 Å². The molecule has 2 aromatic heterocycles. The third-order valence-corrected chi connectivity index (χ3v) is 6.29. The fourth-order valence-electron chi connectivity index (χ4n) is 2.00. The van der Waals surface area contributed by atoms with E-state index in [1.807, 2.05) is 17.5 Å². The van der Waals surface area contributed by atoms with Crippen LogP contribution in [0.25, 0.3) is 0 Å². The summed E-state index contributed by atoms with van der Waals surface area (Å²) in [4.78, 5) is 5.26. The van der Waals surface area contributed by atoms with Gasteiger partial charge in [-0.2, -0.15) is 4.31 Å². The molecule has 0 saturated heterocycles. The molecule has 0 amide bonds. The average molecular weight is 373 g/mol. The first-order valence-corrected chi connectivity index (χ1v) is 9.33. The Labute approximate surface area is 130 Å². The fraction of sp³-hybridized carbons (Fsp3) is 0.308. The molecule has 0 bridgehead atoms. The van der Waals surface area contributed by atoms with E-state index in [4.69, 9.17) is 0 Å². The number of halogens is 1. The molecule has 0 spiro atoms. The zero-order chi connectivity index (χ0) is 14.2. The Hall–Kier alpha value is -0.760. The Morgan fingerprint density at radius 2 is 2.20 bits per heavy atom. The van der Waals surface area contributed by atoms with Crippen LogP contribution in [-0.4, -0.2) is 23.7 Å². The number of rotatable bonds is 5. The highest BCUT2D eigenvalue weighted by Crippen LogP contribution is 2.34. The van der Waals surface area contributed by atoms with Gasteiger partial charge in [0, 0.05) is 34.3 Å². The first kappa shape index (κ1) is 14.2. The minimum Gasteiger partial charge on any atom is -0.262 e. The third kappa shape index (κ3) is 2.95. The van der Waals surface area contributed by atoms with E-state index in [0.717, 1.165) is 17.7 Å². The molecule has 0 aromatic carbocycles. The van der Waals surface area contributed by atoms with Gasteiger partial charge >= 0.3 is 0 Å². The van der Waals surface area contributed by atoms with Crippen molar-refractivity contribution >= 4 is 37.3 Å². The van der Waals surface area contributed by atoms with Crippen molar-refractivity contribution in [2.24, 2.45) is 0 Å². The Morgan fingerprint density at radius 1 is 1.40 bits per heavy atom. The number of aromatic nitrogens is 1. The number of thiophene rings is 1. The molecule has 0 radical (unpaired) electrons. The van der Waals surface area contributed by atoms with Gasteiger partial charge in [0.15, 0.2) is 0 Å². The molecule has 0 N–H and O–H groups in total. The van der Waals surface area contributed by atoms with E-state index in [2.05, 4.69) is 20.9 Å². The summed E-state index contributed by atoms with van der Waals surface area (Å²) in [5, 5.41) is 1.97. The molecule has 20 heavy (non-hydrogen) atoms. The van der Waals surface area contributed by atoms with Crippen molar-refractivity contribution < 1.29 is 8.42 Å². The zero-order valence-electron chi connectivity index (χ0n) is 10.6. The average Bonchev–Trinajstić information content (AvgIpc) is 3.12. The minimum atomic E-state index is -3.49. The van der Waals surface area contributed by atoms with E-state index in [9.17, 15) is 8.42 Å². The third-order valence-electron chi connectivity index (χ3n) is 3.13. The predicted octanol–water partition coefficient (Wildman–Crippen LogP) is 3.26. The number of pyridine rings is 1. The number of sulfonamides is 1. The molecule has 0 unspecified atom stereocenters. The summed E-state index contributed by atoms with van der Waals surface area (Å²) in [5.41, 5.74) is 0. The molecular weight excluding hydrogens is 360 g/mol. The normalized spacial score (nSPS) is 15.7. The van der Waals surface area contributed by atoms with Crippen LogP contribution >= 0.6 is 27.3 Å². The first-order chi connectivity index (χ1) is 9.57. The fourth-order valence-corrected chi connectivity index (χ4v) is 4.95. The molecular formula is C13H13BrN2O2S2. The van der Waals surface area contributed by atoms with Crippen LogP contribution in [0, 0.1) is 0 Å². The Morgan fingerprint density at radius 3 is 2.80 bits per heavy atom. The highest BCUT2D eigenvalue weighted by Gasteiger charge is 2.38. The molecule has 3 rings (SSSR count). The summed E-state index contributed by atoms with van der Waals surface area (Å²) in [6.45, 7) is 0.442. The number of hydrogen-bond acceptors (Lipinski definition) is 4. The molecule has 1 fully saturated rings. The van der Waals surface area contributed by atoms with Crippen LogP contribution < -0.4 is 0 Å². The van der Waals surface area contributed by atoms with Crippen molar-refractivity contribution in [1.82, 2.24) is 9.29 Å². The quantitative estimate of drug-likeness (QED) is 0.809. The molecule has 2 heterocycles. The second kappa shape index (κ2) is 5.55. The Balaban J connectivity index is 1.94. The largest absolute Gasteiger partial charge is 0.262 e. The summed E-state index contributed by atoms with van der Waals surface area (Å²) in [7, 11) is -3.49. The van der Waals surface area contributed by atoms with Gasteiger partial charge in [-0.05, 0) is 46.3 Å². The first-order valence-electron chi connectivity index (χ1n) is 6.22. The maximum absolute atomic E-state index is 12.8. The molecule has 1 aliphatic carbocycles. The monoisotopic (exact) mass is 372 g/mol. The van der Waals surface area contributed by atoms with Crippen LogP contribution in [0.3, 0.4) is 0 Å². The van der Waals surface area contributed by atoms with E-state index >= 15 is 0 Å². The van der Waals surface area contributed by atoms with Gasteiger partial charge in [0.1, 0.15) is 4.90 Å². The SMILES string of the molecule is O=S(=O)(c1cncc(Br)c1)N(Cc1cccs1)C1CC1. The summed E-state index contributed by atoms with van der Waals surface area (Å²) in [5.74, 6) is 0. The van der Waals surface area contributed by atoms with Crippen LogP contribution in [0.5, 0.6) is 0 Å². The van der Waals surface area contributed by atoms with Crippen LogP contribution in [0.4, 0.5) is 0 Å². The van der Waals surface area contributed by atoms with E-state index in [-0.39, 0.29) is 10.9 Å². The Kier molecular flexibility index (Phi) is 3.94. The topological polar surface area (TPSA) is 50.3 Å². The van der Waals surface area contributed by atoms with Gasteiger partial charge in [0.25, 0.3) is 0 Å². The highest BCUT2D eigenvalue weighted by atomic mass is 79.9. The summed E-state index contributed by atoms with van der Waals surface area (Å²) < 4.78 is 27.8. The number of hydrogen-bond donors (Lipinski definition) is 0. The maximum atomic E-state index is 12.8. The Bertz CT molecular complexity index is 697. The van der Waals surface area contributed by atoms with Crippen molar-refractivity contribution in [3.05, 3.63) is 45.3 Å². The van der Waals surface area contributed by atoms with Crippen LogP contribution in [0.15, 0.2) is 45.3 Å². The maximum Gasteiger partial charge on any atom is 0.245 e. The van der Waals surface area contributed by atoms with Crippen molar-refractivity contribution in [2.45, 2.75) is 30.3 Å². The van der Waals surface area contributed by atoms with Crippen molar-refractivity contribution in [2.75, 3.05) is 0 Å². The molecule has 1 saturated carbocycles. The van der Waals surface area contributed by atoms with Gasteiger partial charge < -0.3 is 0 Å². The predicted molar refractivity (Wildman–Crippen MR) is 82.0 cm³/mol. The van der Waals surface area contributed by atoms with Gasteiger partial charge in [-0.1, -0.05) is 6.07 Å². The number of nitrogens with zero attached hydrogens (tertiary/aromatic N) is 2. The van der Waals surface area contributed by atoms with Crippen LogP contribution in [-0.2, 0) is 16.6 Å². The second-order valence-electron chi connectivity index (χ2n) is 4.70. The van der Waals surface area contributed by atoms with E-state index < -0.39 is 10.0 Å². The van der Waals surface area contributed by atoms with Crippen molar-refractivity contribution in [3.8, 4) is 0 Å². The highest BCUT2D eigenvalue weighted by molar-refractivity contribution is 9.10. The van der Waals surface area contributed by atoms with Crippen molar-refractivity contribution in [3.63, 3.8) is 0 Å². The molecule has 0 aliphatic heterocycles. The lowest BCUT2D eigenvalue weighted by atomic mass is 10.4. The lowest BCUT2D eigenvalue weighted by Crippen LogP contribution is -2.32.